The van der Waals surface area contributed by atoms with Gasteiger partial charge in [-0.15, -0.1) is 24.0 Å². The third-order valence-corrected chi connectivity index (χ3v) is 4.91. The van der Waals surface area contributed by atoms with Crippen LogP contribution >= 0.6 is 24.0 Å². The number of hydrogen-bond acceptors (Lipinski definition) is 3. The number of guanidine groups is 1. The van der Waals surface area contributed by atoms with Crippen LogP contribution in [0.15, 0.2) is 29.3 Å². The summed E-state index contributed by atoms with van der Waals surface area (Å²) in [5.74, 6) is 2.57. The van der Waals surface area contributed by atoms with Crippen molar-refractivity contribution in [3.05, 3.63) is 29.8 Å². The van der Waals surface area contributed by atoms with Gasteiger partial charge in [0.15, 0.2) is 5.96 Å². The van der Waals surface area contributed by atoms with Crippen molar-refractivity contribution >= 4 is 29.9 Å². The maximum absolute atomic E-state index is 5.97. The highest BCUT2D eigenvalue weighted by Gasteiger charge is 2.22. The standard InChI is InChI=1S/C20H34N4O.HI/c1-5-16(2)24(4)13-12-22-20(21-3)23-14-18-8-6-7-9-19(18)25-15-17-10-11-17;/h6-9,16-17H,5,10-15H2,1-4H3,(H2,21,22,23);1H. The first-order chi connectivity index (χ1) is 12.1. The largest absolute Gasteiger partial charge is 0.493 e. The molecule has 1 saturated carbocycles. The van der Waals surface area contributed by atoms with Gasteiger partial charge in [-0.1, -0.05) is 25.1 Å². The van der Waals surface area contributed by atoms with Crippen molar-refractivity contribution in [3.63, 3.8) is 0 Å². The lowest BCUT2D eigenvalue weighted by atomic mass is 10.2. The van der Waals surface area contributed by atoms with E-state index < -0.39 is 0 Å². The molecule has 0 amide bonds. The second-order valence-electron chi connectivity index (χ2n) is 6.95. The maximum Gasteiger partial charge on any atom is 0.191 e. The van der Waals surface area contributed by atoms with Crippen molar-refractivity contribution in [2.75, 3.05) is 33.8 Å². The molecule has 0 aliphatic heterocycles. The fourth-order valence-electron chi connectivity index (χ4n) is 2.57. The number of aliphatic imine (C=N–C) groups is 1. The van der Waals surface area contributed by atoms with Gasteiger partial charge in [-0.25, -0.2) is 0 Å². The molecule has 6 heteroatoms. The number of likely N-dealkylation sites (N-methyl/N-ethyl adjacent to an activating group) is 1. The molecule has 1 aromatic carbocycles. The Balaban J connectivity index is 0.00000338. The van der Waals surface area contributed by atoms with Crippen LogP contribution in [0.25, 0.3) is 0 Å². The third-order valence-electron chi connectivity index (χ3n) is 4.91. The van der Waals surface area contributed by atoms with Crippen molar-refractivity contribution < 1.29 is 4.74 Å². The van der Waals surface area contributed by atoms with Crippen LogP contribution in [0, 0.1) is 5.92 Å². The maximum atomic E-state index is 5.97. The highest BCUT2D eigenvalue weighted by atomic mass is 127. The summed E-state index contributed by atoms with van der Waals surface area (Å²) in [6, 6.07) is 8.85. The molecule has 0 bridgehead atoms. The lowest BCUT2D eigenvalue weighted by molar-refractivity contribution is 0.255. The SMILES string of the molecule is CCC(C)N(C)CCNC(=NC)NCc1ccccc1OCC1CC1.I. The molecule has 0 aromatic heterocycles. The molecule has 1 atom stereocenters. The van der Waals surface area contributed by atoms with E-state index in [4.69, 9.17) is 4.74 Å². The van der Waals surface area contributed by atoms with Gasteiger partial charge in [0.2, 0.25) is 0 Å². The molecule has 0 saturated heterocycles. The zero-order valence-electron chi connectivity index (χ0n) is 16.6. The molecule has 5 nitrogen and oxygen atoms in total. The van der Waals surface area contributed by atoms with Gasteiger partial charge < -0.3 is 20.3 Å². The minimum absolute atomic E-state index is 0. The molecular weight excluding hydrogens is 439 g/mol. The number of benzene rings is 1. The molecule has 0 spiro atoms. The van der Waals surface area contributed by atoms with Crippen LogP contribution in [-0.2, 0) is 6.54 Å². The Morgan fingerprint density at radius 1 is 1.31 bits per heavy atom. The monoisotopic (exact) mass is 474 g/mol. The predicted octanol–water partition coefficient (Wildman–Crippen LogP) is 3.49. The zero-order valence-corrected chi connectivity index (χ0v) is 19.0. The lowest BCUT2D eigenvalue weighted by Gasteiger charge is -2.24. The van der Waals surface area contributed by atoms with Gasteiger partial charge in [0.25, 0.3) is 0 Å². The molecule has 1 aromatic rings. The molecule has 2 rings (SSSR count). The van der Waals surface area contributed by atoms with E-state index in [2.05, 4.69) is 59.6 Å². The van der Waals surface area contributed by atoms with Crippen LogP contribution < -0.4 is 15.4 Å². The lowest BCUT2D eigenvalue weighted by Crippen LogP contribution is -2.42. The Morgan fingerprint density at radius 2 is 2.04 bits per heavy atom. The van der Waals surface area contributed by atoms with Gasteiger partial charge in [0.1, 0.15) is 5.75 Å². The quantitative estimate of drug-likeness (QED) is 0.310. The van der Waals surface area contributed by atoms with Crippen molar-refractivity contribution in [2.45, 2.75) is 45.7 Å². The van der Waals surface area contributed by atoms with E-state index in [-0.39, 0.29) is 24.0 Å². The number of ether oxygens (including phenoxy) is 1. The third kappa shape index (κ3) is 8.12. The summed E-state index contributed by atoms with van der Waals surface area (Å²) in [6.07, 6.45) is 3.78. The second-order valence-corrected chi connectivity index (χ2v) is 6.95. The zero-order chi connectivity index (χ0) is 18.1. The Hall–Kier alpha value is -1.02. The van der Waals surface area contributed by atoms with Gasteiger partial charge in [0, 0.05) is 38.3 Å². The van der Waals surface area contributed by atoms with E-state index >= 15 is 0 Å². The van der Waals surface area contributed by atoms with Crippen LogP contribution in [0.4, 0.5) is 0 Å². The molecule has 0 radical (unpaired) electrons. The van der Waals surface area contributed by atoms with E-state index in [1.54, 1.807) is 0 Å². The molecule has 2 N–H and O–H groups in total. The average molecular weight is 474 g/mol. The second kappa shape index (κ2) is 12.4. The molecular formula is C20H35IN4O. The van der Waals surface area contributed by atoms with E-state index in [9.17, 15) is 0 Å². The van der Waals surface area contributed by atoms with Crippen molar-refractivity contribution in [2.24, 2.45) is 10.9 Å². The number of nitrogens with one attached hydrogen (secondary N) is 2. The first-order valence-corrected chi connectivity index (χ1v) is 9.49. The number of rotatable bonds is 10. The van der Waals surface area contributed by atoms with Gasteiger partial charge in [0.05, 0.1) is 6.61 Å². The first-order valence-electron chi connectivity index (χ1n) is 9.49. The van der Waals surface area contributed by atoms with E-state index in [1.807, 2.05) is 13.1 Å². The summed E-state index contributed by atoms with van der Waals surface area (Å²) in [7, 11) is 3.97. The summed E-state index contributed by atoms with van der Waals surface area (Å²) in [6.45, 7) is 7.90. The molecule has 1 fully saturated rings. The van der Waals surface area contributed by atoms with Crippen molar-refractivity contribution in [3.8, 4) is 5.75 Å². The Bertz CT molecular complexity index is 548. The van der Waals surface area contributed by atoms with Crippen molar-refractivity contribution in [1.82, 2.24) is 15.5 Å². The Labute approximate surface area is 176 Å². The van der Waals surface area contributed by atoms with E-state index in [0.29, 0.717) is 12.6 Å². The minimum atomic E-state index is 0. The molecule has 26 heavy (non-hydrogen) atoms. The van der Waals surface area contributed by atoms with Gasteiger partial charge in [-0.3, -0.25) is 4.99 Å². The van der Waals surface area contributed by atoms with Gasteiger partial charge in [-0.2, -0.15) is 0 Å². The van der Waals surface area contributed by atoms with Crippen LogP contribution in [-0.4, -0.2) is 50.7 Å². The highest BCUT2D eigenvalue weighted by Crippen LogP contribution is 2.30. The van der Waals surface area contributed by atoms with Crippen LogP contribution in [0.2, 0.25) is 0 Å². The van der Waals surface area contributed by atoms with Gasteiger partial charge >= 0.3 is 0 Å². The fourth-order valence-corrected chi connectivity index (χ4v) is 2.57. The normalized spacial score (nSPS) is 15.3. The topological polar surface area (TPSA) is 48.9 Å². The minimum Gasteiger partial charge on any atom is -0.493 e. The number of halogens is 1. The van der Waals surface area contributed by atoms with Crippen LogP contribution in [0.3, 0.4) is 0 Å². The Morgan fingerprint density at radius 3 is 2.69 bits per heavy atom. The summed E-state index contributed by atoms with van der Waals surface area (Å²) in [4.78, 5) is 6.68. The van der Waals surface area contributed by atoms with E-state index in [0.717, 1.165) is 37.3 Å². The molecule has 1 aliphatic carbocycles. The Kier molecular flexibility index (Phi) is 11.0. The smallest absolute Gasteiger partial charge is 0.191 e. The fraction of sp³-hybridized carbons (Fsp3) is 0.650. The molecule has 1 unspecified atom stereocenters. The van der Waals surface area contributed by atoms with E-state index in [1.165, 1.54) is 24.8 Å². The van der Waals surface area contributed by atoms with Crippen molar-refractivity contribution in [1.29, 1.82) is 0 Å². The predicted molar refractivity (Wildman–Crippen MR) is 121 cm³/mol. The molecule has 148 valence electrons. The summed E-state index contributed by atoms with van der Waals surface area (Å²) in [5, 5.41) is 6.77. The molecule has 1 aliphatic rings. The number of para-hydroxylation sites is 1. The summed E-state index contributed by atoms with van der Waals surface area (Å²) in [5.41, 5.74) is 1.17. The highest BCUT2D eigenvalue weighted by molar-refractivity contribution is 14.0. The van der Waals surface area contributed by atoms with Gasteiger partial charge in [-0.05, 0) is 45.2 Å². The summed E-state index contributed by atoms with van der Waals surface area (Å²) >= 11 is 0. The first kappa shape index (κ1) is 23.0. The number of nitrogens with zero attached hydrogens (tertiary/aromatic N) is 2. The number of hydrogen-bond donors (Lipinski definition) is 2. The summed E-state index contributed by atoms with van der Waals surface area (Å²) < 4.78 is 5.97. The average Bonchev–Trinajstić information content (AvgIpc) is 3.47. The molecule has 0 heterocycles. The van der Waals surface area contributed by atoms with Crippen LogP contribution in [0.5, 0.6) is 5.75 Å². The van der Waals surface area contributed by atoms with Crippen LogP contribution in [0.1, 0.15) is 38.7 Å².